The zero-order valence-electron chi connectivity index (χ0n) is 9.03. The zero-order chi connectivity index (χ0) is 11.9. The van der Waals surface area contributed by atoms with Crippen molar-refractivity contribution in [1.82, 2.24) is 4.90 Å². The van der Waals surface area contributed by atoms with Crippen LogP contribution in [0.5, 0.6) is 0 Å². The van der Waals surface area contributed by atoms with Crippen LogP contribution in [0.2, 0.25) is 0 Å². The average molecular weight is 166 g/mol. The Morgan fingerprint density at radius 1 is 1.91 bits per heavy atom. The number of nitrogens with one attached hydrogen (secondary N) is 1. The van der Waals surface area contributed by atoms with Crippen molar-refractivity contribution in [3.05, 3.63) is 0 Å². The molecule has 6 nitrogen and oxygen atoms in total. The van der Waals surface area contributed by atoms with Crippen LogP contribution >= 0.6 is 0 Å². The summed E-state index contributed by atoms with van der Waals surface area (Å²) in [6, 6.07) is 0. The van der Waals surface area contributed by atoms with E-state index in [2.05, 4.69) is 0 Å². The summed E-state index contributed by atoms with van der Waals surface area (Å²) in [5.74, 6) is -1.23. The van der Waals surface area contributed by atoms with Gasteiger partial charge < -0.3 is 20.8 Å². The van der Waals surface area contributed by atoms with Gasteiger partial charge in [-0.1, -0.05) is 0 Å². The van der Waals surface area contributed by atoms with Gasteiger partial charge in [0.05, 0.1) is 4.11 Å². The highest BCUT2D eigenvalue weighted by atomic mass is 16.4. The van der Waals surface area contributed by atoms with Gasteiger partial charge in [-0.2, -0.15) is 0 Å². The number of carboxylic acids is 1. The summed E-state index contributed by atoms with van der Waals surface area (Å²) in [5, 5.41) is 22.4. The fourth-order valence-corrected chi connectivity index (χ4v) is 0.288. The minimum absolute atomic E-state index is 0.227. The molecule has 0 fully saturated rings. The molecule has 11 heavy (non-hydrogen) atoms. The first-order valence-corrected chi connectivity index (χ1v) is 2.53. The Kier molecular flexibility index (Phi) is 3.97. The fourth-order valence-electron chi connectivity index (χ4n) is 0.288. The third-order valence-electron chi connectivity index (χ3n) is 0.784. The van der Waals surface area contributed by atoms with Gasteiger partial charge in [0.15, 0.2) is 5.96 Å². The monoisotopic (exact) mass is 166 g/mol. The number of aliphatic hydroxyl groups is 1. The Bertz CT molecular complexity index is 200. The van der Waals surface area contributed by atoms with E-state index in [0.717, 1.165) is 4.90 Å². The summed E-state index contributed by atoms with van der Waals surface area (Å²) < 4.78 is 17.5. The van der Waals surface area contributed by atoms with Crippen molar-refractivity contribution in [2.75, 3.05) is 20.6 Å². The van der Waals surface area contributed by atoms with Gasteiger partial charge in [0.2, 0.25) is 0 Å². The molecular weight excluding hydrogens is 150 g/mol. The number of aliphatic carboxylic acids is 1. The second-order valence-corrected chi connectivity index (χ2v) is 1.64. The van der Waals surface area contributed by atoms with E-state index in [4.69, 9.17) is 25.5 Å². The van der Waals surface area contributed by atoms with Crippen LogP contribution in [-0.4, -0.2) is 47.7 Å². The summed E-state index contributed by atoms with van der Waals surface area (Å²) in [6.07, 6.45) is 0. The lowest BCUT2D eigenvalue weighted by Crippen LogP contribution is -2.36. The zero-order valence-corrected chi connectivity index (χ0v) is 6.03. The number of likely N-dealkylation sites (N-methyl/N-ethyl adjacent to an activating group) is 1. The van der Waals surface area contributed by atoms with Crippen molar-refractivity contribution in [2.24, 2.45) is 5.73 Å². The summed E-state index contributed by atoms with van der Waals surface area (Å²) in [5.41, 5.74) is 4.93. The lowest BCUT2D eigenvalue weighted by Gasteiger charge is -2.12. The Balaban J connectivity index is 0. The first-order valence-electron chi connectivity index (χ1n) is 4.03. The molecule has 66 valence electrons. The van der Waals surface area contributed by atoms with Crippen LogP contribution in [0.1, 0.15) is 4.11 Å². The number of nitrogens with zero attached hydrogens (tertiary/aromatic N) is 1. The van der Waals surface area contributed by atoms with Crippen LogP contribution in [0, 0.1) is 5.41 Å². The Hall–Kier alpha value is -1.30. The third-order valence-corrected chi connectivity index (χ3v) is 0.784. The van der Waals surface area contributed by atoms with Crippen LogP contribution < -0.4 is 5.73 Å². The molecule has 0 bridgehead atoms. The maximum atomic E-state index is 9.92. The number of guanidine groups is 1. The van der Waals surface area contributed by atoms with E-state index in [0.29, 0.717) is 0 Å². The molecule has 0 radical (unpaired) electrons. The summed E-state index contributed by atoms with van der Waals surface area (Å²) >= 11 is 0. The molecule has 0 atom stereocenters. The molecule has 0 saturated carbocycles. The Morgan fingerprint density at radius 3 is 2.36 bits per heavy atom. The second kappa shape index (κ2) is 6.81. The SMILES string of the molecule is CN(CC(=O)O)C(=N)N.[2H]C([2H])([2H])O. The van der Waals surface area contributed by atoms with E-state index in [1.54, 1.807) is 0 Å². The predicted molar refractivity (Wildman–Crippen MR) is 40.3 cm³/mol. The number of rotatable bonds is 2. The van der Waals surface area contributed by atoms with Gasteiger partial charge in [0.25, 0.3) is 0 Å². The molecule has 0 rings (SSSR count). The molecule has 5 N–H and O–H groups in total. The third kappa shape index (κ3) is 8.70. The van der Waals surface area contributed by atoms with Gasteiger partial charge in [-0.15, -0.1) is 0 Å². The van der Waals surface area contributed by atoms with Gasteiger partial charge in [-0.05, 0) is 0 Å². The predicted octanol–water partition coefficient (Wildman–Crippen LogP) is -1.50. The van der Waals surface area contributed by atoms with Crippen molar-refractivity contribution < 1.29 is 19.1 Å². The van der Waals surface area contributed by atoms with E-state index >= 15 is 0 Å². The number of carbonyl (C=O) groups is 1. The van der Waals surface area contributed by atoms with Gasteiger partial charge in [-0.3, -0.25) is 10.2 Å². The van der Waals surface area contributed by atoms with Crippen LogP contribution in [0.3, 0.4) is 0 Å². The summed E-state index contributed by atoms with van der Waals surface area (Å²) in [4.78, 5) is 11.0. The topological polar surface area (TPSA) is 111 Å². The van der Waals surface area contributed by atoms with Gasteiger partial charge in [-0.25, -0.2) is 0 Å². The van der Waals surface area contributed by atoms with Crippen molar-refractivity contribution >= 4 is 11.9 Å². The normalized spacial score (nSPS) is 12.7. The lowest BCUT2D eigenvalue weighted by molar-refractivity contribution is -0.137. The van der Waals surface area contributed by atoms with E-state index in [9.17, 15) is 4.79 Å². The van der Waals surface area contributed by atoms with Crippen molar-refractivity contribution in [3.63, 3.8) is 0 Å². The molecule has 0 unspecified atom stereocenters. The van der Waals surface area contributed by atoms with E-state index in [1.807, 2.05) is 0 Å². The lowest BCUT2D eigenvalue weighted by atomic mass is 10.6. The quantitative estimate of drug-likeness (QED) is 0.295. The minimum Gasteiger partial charge on any atom is -0.480 e. The molecule has 0 saturated heterocycles. The van der Waals surface area contributed by atoms with Gasteiger partial charge in [0, 0.05) is 14.1 Å². The van der Waals surface area contributed by atoms with Gasteiger partial charge >= 0.3 is 5.97 Å². The van der Waals surface area contributed by atoms with Crippen LogP contribution in [0.4, 0.5) is 0 Å². The highest BCUT2D eigenvalue weighted by Gasteiger charge is 2.03. The Morgan fingerprint density at radius 2 is 2.27 bits per heavy atom. The number of carboxylic acid groups (broad SMARTS) is 1. The first kappa shape index (κ1) is 6.41. The number of hydrogen-bond acceptors (Lipinski definition) is 3. The van der Waals surface area contributed by atoms with E-state index in [1.165, 1.54) is 7.05 Å². The molecule has 6 heteroatoms. The first-order chi connectivity index (χ1) is 6.04. The van der Waals surface area contributed by atoms with E-state index < -0.39 is 13.0 Å². The van der Waals surface area contributed by atoms with E-state index in [-0.39, 0.29) is 12.5 Å². The van der Waals surface area contributed by atoms with Crippen LogP contribution in [0.25, 0.3) is 0 Å². The Labute approximate surface area is 69.0 Å². The van der Waals surface area contributed by atoms with Crippen molar-refractivity contribution in [1.29, 1.82) is 5.41 Å². The average Bonchev–Trinajstić information content (AvgIpc) is 1.80. The van der Waals surface area contributed by atoms with Crippen molar-refractivity contribution in [3.8, 4) is 0 Å². The number of nitrogens with two attached hydrogens (primary N) is 1. The van der Waals surface area contributed by atoms with Crippen LogP contribution in [0.15, 0.2) is 0 Å². The molecule has 0 spiro atoms. The molecule has 0 aliphatic carbocycles. The molecule has 0 heterocycles. The molecule has 0 aromatic rings. The smallest absolute Gasteiger partial charge is 0.323 e. The summed E-state index contributed by atoms with van der Waals surface area (Å²) in [6.45, 7) is -0.227. The maximum Gasteiger partial charge on any atom is 0.323 e. The molecule has 0 aliphatic heterocycles. The molecule has 0 amide bonds. The highest BCUT2D eigenvalue weighted by molar-refractivity contribution is 5.79. The molecular formula is C5H13N3O3. The van der Waals surface area contributed by atoms with Crippen LogP contribution in [-0.2, 0) is 4.79 Å². The molecule has 0 aromatic carbocycles. The largest absolute Gasteiger partial charge is 0.480 e. The second-order valence-electron chi connectivity index (χ2n) is 1.64. The summed E-state index contributed by atoms with van der Waals surface area (Å²) in [7, 11) is -1.31. The molecule has 0 aromatic heterocycles. The van der Waals surface area contributed by atoms with Crippen molar-refractivity contribution in [2.45, 2.75) is 0 Å². The number of hydrogen-bond donors (Lipinski definition) is 4. The highest BCUT2D eigenvalue weighted by Crippen LogP contribution is 1.76. The van der Waals surface area contributed by atoms with Gasteiger partial charge in [0.1, 0.15) is 6.54 Å². The maximum absolute atomic E-state index is 9.92. The standard InChI is InChI=1S/C4H9N3O2.CH4O/c1-7(4(5)6)2-3(8)9;1-2/h2H2,1H3,(H3,5,6)(H,8,9);2H,1H3/i;1D3. The molecule has 0 aliphatic rings. The minimum atomic E-state index is -2.75. The fraction of sp³-hybridized carbons (Fsp3) is 0.600.